The highest BCUT2D eigenvalue weighted by Gasteiger charge is 2.40. The van der Waals surface area contributed by atoms with Gasteiger partial charge in [-0.25, -0.2) is 0 Å². The van der Waals surface area contributed by atoms with Gasteiger partial charge in [-0.1, -0.05) is 58.4 Å². The Morgan fingerprint density at radius 1 is 0.829 bits per heavy atom. The van der Waals surface area contributed by atoms with Crippen LogP contribution in [0.1, 0.15) is 11.3 Å². The molecule has 0 saturated carbocycles. The lowest BCUT2D eigenvalue weighted by atomic mass is 10.1. The number of fused-ring (bicyclic) bond motifs is 2. The summed E-state index contributed by atoms with van der Waals surface area (Å²) in [6.07, 6.45) is -4.95. The molecule has 0 N–H and O–H groups in total. The van der Waals surface area contributed by atoms with Gasteiger partial charge in [-0.15, -0.1) is 0 Å². The van der Waals surface area contributed by atoms with Gasteiger partial charge in [0.1, 0.15) is 23.7 Å². The van der Waals surface area contributed by atoms with Crippen LogP contribution in [0.15, 0.2) is 98.6 Å². The molecule has 1 aromatic heterocycles. The standard InChI is InChI=1S/C27H16BrF3O4/c28-19-8-5-16(6-9-19)15-33-20-11-12-22-23(14-20)35-26(27(29,30)31)25(24(22)32)34-21-10-7-17-3-1-2-4-18(17)13-21/h1-14H,15H2. The third-order valence-electron chi connectivity index (χ3n) is 5.34. The van der Waals surface area contributed by atoms with Crippen molar-refractivity contribution in [1.82, 2.24) is 0 Å². The van der Waals surface area contributed by atoms with Crippen LogP contribution in [0, 0.1) is 0 Å². The van der Waals surface area contributed by atoms with E-state index < -0.39 is 23.1 Å². The number of benzene rings is 4. The fourth-order valence-electron chi connectivity index (χ4n) is 3.62. The van der Waals surface area contributed by atoms with Gasteiger partial charge in [-0.2, -0.15) is 13.2 Å². The summed E-state index contributed by atoms with van der Waals surface area (Å²) in [4.78, 5) is 13.1. The van der Waals surface area contributed by atoms with Gasteiger partial charge >= 0.3 is 6.18 Å². The maximum absolute atomic E-state index is 13.9. The summed E-state index contributed by atoms with van der Waals surface area (Å²) >= 11 is 3.35. The summed E-state index contributed by atoms with van der Waals surface area (Å²) in [6, 6.07) is 23.6. The van der Waals surface area contributed by atoms with Crippen LogP contribution in [0.5, 0.6) is 17.2 Å². The number of rotatable bonds is 5. The van der Waals surface area contributed by atoms with Gasteiger partial charge in [-0.05, 0) is 52.7 Å². The van der Waals surface area contributed by atoms with Crippen molar-refractivity contribution in [1.29, 1.82) is 0 Å². The molecule has 0 aliphatic carbocycles. The van der Waals surface area contributed by atoms with Gasteiger partial charge in [0.25, 0.3) is 5.76 Å². The lowest BCUT2D eigenvalue weighted by Crippen LogP contribution is -2.15. The zero-order chi connectivity index (χ0) is 24.6. The molecule has 0 amide bonds. The molecule has 4 aromatic carbocycles. The first-order valence-corrected chi connectivity index (χ1v) is 11.3. The van der Waals surface area contributed by atoms with Crippen LogP contribution in [-0.2, 0) is 12.8 Å². The van der Waals surface area contributed by atoms with Crippen LogP contribution < -0.4 is 14.9 Å². The van der Waals surface area contributed by atoms with Crippen LogP contribution >= 0.6 is 15.9 Å². The first-order chi connectivity index (χ1) is 16.8. The summed E-state index contributed by atoms with van der Waals surface area (Å²) in [7, 11) is 0. The van der Waals surface area contributed by atoms with Gasteiger partial charge in [-0.3, -0.25) is 4.79 Å². The Balaban J connectivity index is 1.52. The van der Waals surface area contributed by atoms with E-state index in [1.807, 2.05) is 36.4 Å². The number of halogens is 4. The van der Waals surface area contributed by atoms with Crippen molar-refractivity contribution in [3.8, 4) is 17.2 Å². The lowest BCUT2D eigenvalue weighted by Gasteiger charge is -2.14. The second-order valence-corrected chi connectivity index (χ2v) is 8.69. The van der Waals surface area contributed by atoms with E-state index in [2.05, 4.69) is 15.9 Å². The van der Waals surface area contributed by atoms with Crippen molar-refractivity contribution in [2.75, 3.05) is 0 Å². The summed E-state index contributed by atoms with van der Waals surface area (Å²) in [6.45, 7) is 0.193. The smallest absolute Gasteiger partial charge is 0.453 e. The molecule has 0 radical (unpaired) electrons. The minimum atomic E-state index is -4.95. The van der Waals surface area contributed by atoms with E-state index in [1.165, 1.54) is 24.3 Å². The second-order valence-electron chi connectivity index (χ2n) is 7.77. The highest BCUT2D eigenvalue weighted by Crippen LogP contribution is 2.39. The molecule has 5 aromatic rings. The average molecular weight is 541 g/mol. The van der Waals surface area contributed by atoms with Crippen molar-refractivity contribution in [3.63, 3.8) is 0 Å². The molecule has 0 unspecified atom stereocenters. The largest absolute Gasteiger partial charge is 0.489 e. The highest BCUT2D eigenvalue weighted by molar-refractivity contribution is 9.10. The number of hydrogen-bond donors (Lipinski definition) is 0. The third-order valence-corrected chi connectivity index (χ3v) is 5.87. The Morgan fingerprint density at radius 3 is 2.29 bits per heavy atom. The number of hydrogen-bond acceptors (Lipinski definition) is 4. The average Bonchev–Trinajstić information content (AvgIpc) is 2.84. The second kappa shape index (κ2) is 9.11. The Labute approximate surface area is 205 Å². The summed E-state index contributed by atoms with van der Waals surface area (Å²) < 4.78 is 58.8. The van der Waals surface area contributed by atoms with Crippen LogP contribution in [-0.4, -0.2) is 0 Å². The van der Waals surface area contributed by atoms with Gasteiger partial charge in [0.2, 0.25) is 11.2 Å². The zero-order valence-electron chi connectivity index (χ0n) is 17.9. The molecule has 35 heavy (non-hydrogen) atoms. The minimum absolute atomic E-state index is 0.0511. The van der Waals surface area contributed by atoms with E-state index in [0.717, 1.165) is 20.8 Å². The first kappa shape index (κ1) is 23.0. The van der Waals surface area contributed by atoms with Crippen molar-refractivity contribution in [2.45, 2.75) is 12.8 Å². The molecule has 0 saturated heterocycles. The van der Waals surface area contributed by atoms with Crippen LogP contribution in [0.25, 0.3) is 21.7 Å². The fourth-order valence-corrected chi connectivity index (χ4v) is 3.89. The maximum atomic E-state index is 13.9. The first-order valence-electron chi connectivity index (χ1n) is 10.5. The third kappa shape index (κ3) is 4.88. The van der Waals surface area contributed by atoms with E-state index in [9.17, 15) is 18.0 Å². The predicted octanol–water partition coefficient (Wildman–Crippen LogP) is 8.10. The molecule has 8 heteroatoms. The van der Waals surface area contributed by atoms with Crippen molar-refractivity contribution in [2.24, 2.45) is 0 Å². The molecule has 4 nitrogen and oxygen atoms in total. The van der Waals surface area contributed by atoms with Crippen molar-refractivity contribution >= 4 is 37.7 Å². The van der Waals surface area contributed by atoms with E-state index in [0.29, 0.717) is 0 Å². The molecule has 176 valence electrons. The Morgan fingerprint density at radius 2 is 1.54 bits per heavy atom. The molecule has 5 rings (SSSR count). The number of alkyl halides is 3. The van der Waals surface area contributed by atoms with Crippen LogP contribution in [0.2, 0.25) is 0 Å². The predicted molar refractivity (Wildman–Crippen MR) is 130 cm³/mol. The molecule has 0 spiro atoms. The molecule has 0 aliphatic heterocycles. The Bertz CT molecular complexity index is 1590. The maximum Gasteiger partial charge on any atom is 0.453 e. The minimum Gasteiger partial charge on any atom is -0.489 e. The Hall–Kier alpha value is -3.78. The molecule has 0 bridgehead atoms. The molecular formula is C27H16BrF3O4. The van der Waals surface area contributed by atoms with E-state index in [1.54, 1.807) is 24.3 Å². The van der Waals surface area contributed by atoms with Crippen LogP contribution in [0.4, 0.5) is 13.2 Å². The monoisotopic (exact) mass is 540 g/mol. The van der Waals surface area contributed by atoms with Crippen LogP contribution in [0.3, 0.4) is 0 Å². The molecule has 0 atom stereocenters. The quantitative estimate of drug-likeness (QED) is 0.226. The SMILES string of the molecule is O=c1c(Oc2ccc3ccccc3c2)c(C(F)(F)F)oc2cc(OCc3ccc(Br)cc3)ccc12. The highest BCUT2D eigenvalue weighted by atomic mass is 79.9. The van der Waals surface area contributed by atoms with E-state index >= 15 is 0 Å². The van der Waals surface area contributed by atoms with Gasteiger partial charge in [0.15, 0.2) is 0 Å². The molecule has 0 fully saturated rings. The lowest BCUT2D eigenvalue weighted by molar-refractivity contribution is -0.154. The summed E-state index contributed by atoms with van der Waals surface area (Å²) in [5.41, 5.74) is -0.308. The van der Waals surface area contributed by atoms with E-state index in [-0.39, 0.29) is 29.1 Å². The normalized spacial score (nSPS) is 11.7. The molecular weight excluding hydrogens is 525 g/mol. The summed E-state index contributed by atoms with van der Waals surface area (Å²) in [5.74, 6) is -2.06. The van der Waals surface area contributed by atoms with Crippen molar-refractivity contribution < 1.29 is 27.1 Å². The van der Waals surface area contributed by atoms with E-state index in [4.69, 9.17) is 13.9 Å². The molecule has 0 aliphatic rings. The van der Waals surface area contributed by atoms with Gasteiger partial charge in [0.05, 0.1) is 5.39 Å². The summed E-state index contributed by atoms with van der Waals surface area (Å²) in [5, 5.41) is 1.60. The fraction of sp³-hybridized carbons (Fsp3) is 0.0741. The zero-order valence-corrected chi connectivity index (χ0v) is 19.5. The van der Waals surface area contributed by atoms with Gasteiger partial charge < -0.3 is 13.9 Å². The topological polar surface area (TPSA) is 48.7 Å². The molecule has 1 heterocycles. The van der Waals surface area contributed by atoms with Crippen molar-refractivity contribution in [3.05, 3.63) is 111 Å². The number of ether oxygens (including phenoxy) is 2. The Kier molecular flexibility index (Phi) is 5.98. The van der Waals surface area contributed by atoms with Gasteiger partial charge in [0, 0.05) is 10.5 Å².